The minimum Gasteiger partial charge on any atom is -0.446 e. The van der Waals surface area contributed by atoms with Gasteiger partial charge in [0.25, 0.3) is 5.08 Å². The monoisotopic (exact) mass is 343 g/mol. The molecule has 0 saturated heterocycles. The molecule has 0 spiro atoms. The third kappa shape index (κ3) is 4.23. The van der Waals surface area contributed by atoms with Gasteiger partial charge in [-0.15, -0.1) is 0 Å². The molecule has 122 valence electrons. The Morgan fingerprint density at radius 1 is 1.10 bits per heavy atom. The van der Waals surface area contributed by atoms with E-state index in [0.717, 1.165) is 5.69 Å². The van der Waals surface area contributed by atoms with Gasteiger partial charge in [0.05, 0.1) is 5.69 Å². The maximum atomic E-state index is 11.1. The molecule has 1 aromatic rings. The summed E-state index contributed by atoms with van der Waals surface area (Å²) < 4.78 is 27.6. The Labute approximate surface area is 121 Å². The van der Waals surface area contributed by atoms with Crippen LogP contribution in [0.2, 0.25) is 0 Å². The first-order chi connectivity index (χ1) is 9.38. The van der Waals surface area contributed by atoms with E-state index in [1.807, 2.05) is 0 Å². The molecule has 0 aliphatic carbocycles. The standard InChI is InChI=1S/C10H19NO8P2/c1-7-8(2)19-9(11-7)5-3-4-6-10(12,20(13,14)15)21(16,17)18/h12H,3-6H2,1-2H3,(H2,13,14,15)(H2,16,17,18). The van der Waals surface area contributed by atoms with Crippen LogP contribution in [-0.2, 0) is 15.6 Å². The fraction of sp³-hybridized carbons (Fsp3) is 0.700. The van der Waals surface area contributed by atoms with E-state index in [2.05, 4.69) is 4.98 Å². The lowest BCUT2D eigenvalue weighted by Crippen LogP contribution is -2.28. The zero-order chi connectivity index (χ0) is 16.5. The van der Waals surface area contributed by atoms with E-state index in [4.69, 9.17) is 24.0 Å². The molecule has 0 fully saturated rings. The van der Waals surface area contributed by atoms with E-state index >= 15 is 0 Å². The van der Waals surface area contributed by atoms with Gasteiger partial charge >= 0.3 is 15.2 Å². The summed E-state index contributed by atoms with van der Waals surface area (Å²) in [5, 5.41) is 6.32. The van der Waals surface area contributed by atoms with Gasteiger partial charge in [-0.3, -0.25) is 9.13 Å². The Hall–Kier alpha value is -0.530. The highest BCUT2D eigenvalue weighted by molar-refractivity contribution is 7.72. The number of aryl methyl sites for hydroxylation is 3. The lowest BCUT2D eigenvalue weighted by atomic mass is 10.2. The van der Waals surface area contributed by atoms with Gasteiger partial charge in [-0.2, -0.15) is 0 Å². The van der Waals surface area contributed by atoms with Crippen LogP contribution in [0.3, 0.4) is 0 Å². The molecule has 0 saturated carbocycles. The third-order valence-corrected chi connectivity index (χ3v) is 7.04. The van der Waals surface area contributed by atoms with Crippen molar-refractivity contribution in [2.45, 2.75) is 44.6 Å². The first kappa shape index (κ1) is 18.5. The van der Waals surface area contributed by atoms with E-state index in [-0.39, 0.29) is 6.42 Å². The van der Waals surface area contributed by atoms with Crippen LogP contribution in [0.25, 0.3) is 0 Å². The van der Waals surface area contributed by atoms with Gasteiger partial charge in [0, 0.05) is 6.42 Å². The molecule has 1 rings (SSSR count). The number of nitrogens with zero attached hydrogens (tertiary/aromatic N) is 1. The molecule has 9 nitrogen and oxygen atoms in total. The molecule has 0 radical (unpaired) electrons. The van der Waals surface area contributed by atoms with Crippen molar-refractivity contribution >= 4 is 15.2 Å². The summed E-state index contributed by atoms with van der Waals surface area (Å²) in [6, 6.07) is 0. The molecular formula is C10H19NO8P2. The fourth-order valence-electron chi connectivity index (χ4n) is 1.75. The Bertz CT molecular complexity index is 544. The zero-order valence-electron chi connectivity index (χ0n) is 11.6. The largest absolute Gasteiger partial charge is 0.446 e. The molecule has 0 unspecified atom stereocenters. The maximum Gasteiger partial charge on any atom is 0.369 e. The topological polar surface area (TPSA) is 161 Å². The second-order valence-electron chi connectivity index (χ2n) is 4.82. The zero-order valence-corrected chi connectivity index (χ0v) is 13.4. The van der Waals surface area contributed by atoms with E-state index in [1.165, 1.54) is 0 Å². The second-order valence-corrected chi connectivity index (χ2v) is 8.83. The van der Waals surface area contributed by atoms with Crippen LogP contribution in [0.15, 0.2) is 4.42 Å². The number of hydrogen-bond donors (Lipinski definition) is 5. The number of aliphatic hydroxyl groups is 1. The molecule has 0 aliphatic heterocycles. The van der Waals surface area contributed by atoms with Gasteiger partial charge in [0.2, 0.25) is 0 Å². The summed E-state index contributed by atoms with van der Waals surface area (Å²) in [5.41, 5.74) is 0.729. The first-order valence-corrected chi connectivity index (χ1v) is 9.37. The van der Waals surface area contributed by atoms with Crippen LogP contribution in [-0.4, -0.2) is 34.7 Å². The molecule has 5 N–H and O–H groups in total. The van der Waals surface area contributed by atoms with Crippen LogP contribution >= 0.6 is 15.2 Å². The summed E-state index contributed by atoms with van der Waals surface area (Å²) >= 11 is 0. The molecule has 1 heterocycles. The Morgan fingerprint density at radius 3 is 2.00 bits per heavy atom. The van der Waals surface area contributed by atoms with Crippen molar-refractivity contribution in [3.8, 4) is 0 Å². The summed E-state index contributed by atoms with van der Waals surface area (Å²) in [7, 11) is -10.7. The van der Waals surface area contributed by atoms with Gasteiger partial charge < -0.3 is 29.1 Å². The average molecular weight is 343 g/mol. The van der Waals surface area contributed by atoms with Crippen molar-refractivity contribution in [3.05, 3.63) is 17.3 Å². The molecule has 0 amide bonds. The highest BCUT2D eigenvalue weighted by atomic mass is 31.2. The predicted octanol–water partition coefficient (Wildman–Crippen LogP) is 1.01. The minimum atomic E-state index is -5.37. The smallest absolute Gasteiger partial charge is 0.369 e. The van der Waals surface area contributed by atoms with Crippen molar-refractivity contribution in [3.63, 3.8) is 0 Å². The fourth-order valence-corrected chi connectivity index (χ4v) is 4.00. The third-order valence-electron chi connectivity index (χ3n) is 3.16. The quantitative estimate of drug-likeness (QED) is 0.359. The van der Waals surface area contributed by atoms with Crippen LogP contribution < -0.4 is 0 Å². The van der Waals surface area contributed by atoms with Crippen LogP contribution in [0, 0.1) is 13.8 Å². The number of aromatic nitrogens is 1. The number of unbranched alkanes of at least 4 members (excludes halogenated alkanes) is 1. The van der Waals surface area contributed by atoms with Crippen LogP contribution in [0.1, 0.15) is 36.6 Å². The predicted molar refractivity (Wildman–Crippen MR) is 72.6 cm³/mol. The Kier molecular flexibility index (Phi) is 5.56. The van der Waals surface area contributed by atoms with Crippen molar-refractivity contribution in [2.24, 2.45) is 0 Å². The highest BCUT2D eigenvalue weighted by Gasteiger charge is 2.58. The van der Waals surface area contributed by atoms with Gasteiger partial charge in [0.15, 0.2) is 5.89 Å². The molecule has 0 aliphatic rings. The average Bonchev–Trinajstić information content (AvgIpc) is 2.61. The Balaban J connectivity index is 2.64. The normalized spacial score (nSPS) is 13.7. The number of rotatable bonds is 7. The van der Waals surface area contributed by atoms with Crippen molar-refractivity contribution in [1.82, 2.24) is 4.98 Å². The SMILES string of the molecule is Cc1nc(CCCCC(O)(P(=O)(O)O)P(=O)(O)O)oc1C. The van der Waals surface area contributed by atoms with E-state index in [1.54, 1.807) is 13.8 Å². The van der Waals surface area contributed by atoms with Gasteiger partial charge in [-0.1, -0.05) is 0 Å². The number of hydrogen-bond acceptors (Lipinski definition) is 5. The van der Waals surface area contributed by atoms with Crippen LogP contribution in [0.4, 0.5) is 0 Å². The van der Waals surface area contributed by atoms with Crippen molar-refractivity contribution < 1.29 is 38.2 Å². The van der Waals surface area contributed by atoms with Gasteiger partial charge in [-0.05, 0) is 33.1 Å². The van der Waals surface area contributed by atoms with Crippen molar-refractivity contribution in [2.75, 3.05) is 0 Å². The molecule has 11 heteroatoms. The molecule has 0 bridgehead atoms. The molecule has 0 aromatic carbocycles. The summed E-state index contributed by atoms with van der Waals surface area (Å²) in [4.78, 5) is 40.0. The minimum absolute atomic E-state index is 0.00675. The van der Waals surface area contributed by atoms with Crippen molar-refractivity contribution in [1.29, 1.82) is 0 Å². The van der Waals surface area contributed by atoms with E-state index < -0.39 is 26.7 Å². The van der Waals surface area contributed by atoms with E-state index in [9.17, 15) is 14.2 Å². The molecule has 1 aromatic heterocycles. The van der Waals surface area contributed by atoms with Crippen LogP contribution in [0.5, 0.6) is 0 Å². The maximum absolute atomic E-state index is 11.1. The van der Waals surface area contributed by atoms with Gasteiger partial charge in [0.1, 0.15) is 5.76 Å². The first-order valence-electron chi connectivity index (χ1n) is 6.15. The highest BCUT2D eigenvalue weighted by Crippen LogP contribution is 2.69. The molecule has 21 heavy (non-hydrogen) atoms. The number of oxazole rings is 1. The lowest BCUT2D eigenvalue weighted by Gasteiger charge is -2.29. The molecule has 0 atom stereocenters. The van der Waals surface area contributed by atoms with Gasteiger partial charge in [-0.25, -0.2) is 4.98 Å². The summed E-state index contributed by atoms with van der Waals surface area (Å²) in [6.45, 7) is 3.51. The molecular weight excluding hydrogens is 324 g/mol. The second kappa shape index (κ2) is 6.30. The Morgan fingerprint density at radius 2 is 1.62 bits per heavy atom. The van der Waals surface area contributed by atoms with E-state index in [0.29, 0.717) is 24.5 Å². The lowest BCUT2D eigenvalue weighted by molar-refractivity contribution is 0.120. The summed E-state index contributed by atoms with van der Waals surface area (Å²) in [5.74, 6) is 1.09. The summed E-state index contributed by atoms with van der Waals surface area (Å²) in [6.07, 6.45) is -0.0811.